The zero-order chi connectivity index (χ0) is 19.3. The lowest BCUT2D eigenvalue weighted by Crippen LogP contribution is -2.30. The van der Waals surface area contributed by atoms with Gasteiger partial charge in [-0.25, -0.2) is 0 Å². The van der Waals surface area contributed by atoms with Crippen LogP contribution in [0.25, 0.3) is 0 Å². The highest BCUT2D eigenvalue weighted by molar-refractivity contribution is 5.93. The molecule has 0 saturated carbocycles. The molecule has 0 aliphatic rings. The summed E-state index contributed by atoms with van der Waals surface area (Å²) in [5.74, 6) is 0.977. The Morgan fingerprint density at radius 3 is 2.67 bits per heavy atom. The van der Waals surface area contributed by atoms with E-state index in [-0.39, 0.29) is 12.5 Å². The fourth-order valence-electron chi connectivity index (χ4n) is 2.62. The maximum absolute atomic E-state index is 12.3. The number of amides is 1. The maximum atomic E-state index is 12.3. The van der Waals surface area contributed by atoms with Crippen molar-refractivity contribution < 1.29 is 14.3 Å². The third-order valence-electron chi connectivity index (χ3n) is 4.20. The molecule has 0 spiro atoms. The molecule has 0 aliphatic carbocycles. The van der Waals surface area contributed by atoms with Gasteiger partial charge in [-0.05, 0) is 43.7 Å². The van der Waals surface area contributed by atoms with Crippen molar-refractivity contribution in [1.82, 2.24) is 10.3 Å². The molecule has 1 aromatic carbocycles. The third-order valence-corrected chi connectivity index (χ3v) is 4.20. The summed E-state index contributed by atoms with van der Waals surface area (Å²) in [6.07, 6.45) is 1.56. The summed E-state index contributed by atoms with van der Waals surface area (Å²) in [6.45, 7) is 4.17. The Hall–Kier alpha value is -3.12. The van der Waals surface area contributed by atoms with Crippen LogP contribution in [0.5, 0.6) is 0 Å². The highest BCUT2D eigenvalue weighted by Crippen LogP contribution is 2.23. The normalized spacial score (nSPS) is 13.0. The number of hydrogen-bond acceptors (Lipinski definition) is 5. The number of furan rings is 1. The van der Waals surface area contributed by atoms with Crippen LogP contribution >= 0.6 is 0 Å². The molecule has 0 aliphatic heterocycles. The van der Waals surface area contributed by atoms with Crippen molar-refractivity contribution >= 4 is 11.6 Å². The van der Waals surface area contributed by atoms with Crippen molar-refractivity contribution in [2.24, 2.45) is 0 Å². The molecule has 1 amide bonds. The monoisotopic (exact) mass is 365 g/mol. The van der Waals surface area contributed by atoms with Crippen molar-refractivity contribution in [3.8, 4) is 0 Å². The molecule has 3 rings (SSSR count). The summed E-state index contributed by atoms with van der Waals surface area (Å²) in [7, 11) is 0. The molecule has 3 aromatic rings. The van der Waals surface area contributed by atoms with Gasteiger partial charge in [0.2, 0.25) is 0 Å². The molecule has 1 unspecified atom stereocenters. The van der Waals surface area contributed by atoms with Gasteiger partial charge in [0.25, 0.3) is 5.91 Å². The van der Waals surface area contributed by atoms with E-state index in [0.717, 1.165) is 11.3 Å². The number of carbonyl (C=O) groups excluding carboxylic acids is 1. The Labute approximate surface area is 158 Å². The van der Waals surface area contributed by atoms with Gasteiger partial charge >= 0.3 is 0 Å². The molecule has 0 saturated heterocycles. The lowest BCUT2D eigenvalue weighted by molar-refractivity contribution is 0.0468. The number of hydrogen-bond donors (Lipinski definition) is 3. The van der Waals surface area contributed by atoms with Crippen molar-refractivity contribution in [3.05, 3.63) is 83.6 Å². The Morgan fingerprint density at radius 2 is 1.96 bits per heavy atom. The van der Waals surface area contributed by atoms with E-state index >= 15 is 0 Å². The Balaban J connectivity index is 1.60. The first kappa shape index (κ1) is 18.7. The van der Waals surface area contributed by atoms with Crippen LogP contribution in [0.2, 0.25) is 0 Å². The average molecular weight is 365 g/mol. The van der Waals surface area contributed by atoms with Crippen LogP contribution in [0.15, 0.2) is 65.2 Å². The SMILES string of the molecule is Cc1ccc(C(C)(O)CNc2ccnc(C(=O)NCc3ccccc3)c2)o1. The van der Waals surface area contributed by atoms with Crippen molar-refractivity contribution in [2.45, 2.75) is 26.0 Å². The first-order valence-electron chi connectivity index (χ1n) is 8.75. The second-order valence-electron chi connectivity index (χ2n) is 6.64. The molecular formula is C21H23N3O3. The van der Waals surface area contributed by atoms with Crippen LogP contribution in [0, 0.1) is 6.92 Å². The predicted octanol–water partition coefficient (Wildman–Crippen LogP) is 3.23. The average Bonchev–Trinajstić information content (AvgIpc) is 3.13. The van der Waals surface area contributed by atoms with E-state index in [4.69, 9.17) is 4.42 Å². The van der Waals surface area contributed by atoms with Gasteiger partial charge in [-0.15, -0.1) is 0 Å². The maximum Gasteiger partial charge on any atom is 0.270 e. The van der Waals surface area contributed by atoms with Crippen LogP contribution in [-0.2, 0) is 12.1 Å². The number of aromatic nitrogens is 1. The number of benzene rings is 1. The number of anilines is 1. The number of nitrogens with zero attached hydrogens (tertiary/aromatic N) is 1. The molecule has 0 radical (unpaired) electrons. The van der Waals surface area contributed by atoms with Gasteiger partial charge in [0.05, 0.1) is 6.54 Å². The summed E-state index contributed by atoms with van der Waals surface area (Å²) < 4.78 is 5.51. The van der Waals surface area contributed by atoms with E-state index in [1.54, 1.807) is 31.3 Å². The second kappa shape index (κ2) is 8.05. The van der Waals surface area contributed by atoms with E-state index in [9.17, 15) is 9.90 Å². The minimum atomic E-state index is -1.17. The Morgan fingerprint density at radius 1 is 1.19 bits per heavy atom. The largest absolute Gasteiger partial charge is 0.463 e. The Bertz CT molecular complexity index is 904. The molecule has 6 heteroatoms. The van der Waals surface area contributed by atoms with Crippen LogP contribution in [-0.4, -0.2) is 22.5 Å². The smallest absolute Gasteiger partial charge is 0.270 e. The molecule has 27 heavy (non-hydrogen) atoms. The number of rotatable bonds is 7. The van der Waals surface area contributed by atoms with Crippen LogP contribution in [0.4, 0.5) is 5.69 Å². The van der Waals surface area contributed by atoms with Gasteiger partial charge in [0, 0.05) is 18.4 Å². The van der Waals surface area contributed by atoms with Crippen molar-refractivity contribution in [2.75, 3.05) is 11.9 Å². The molecule has 0 bridgehead atoms. The fourth-order valence-corrected chi connectivity index (χ4v) is 2.62. The van der Waals surface area contributed by atoms with Crippen LogP contribution < -0.4 is 10.6 Å². The number of carbonyl (C=O) groups is 1. The first-order valence-corrected chi connectivity index (χ1v) is 8.75. The summed E-state index contributed by atoms with van der Waals surface area (Å²) >= 11 is 0. The molecule has 3 N–H and O–H groups in total. The van der Waals surface area contributed by atoms with E-state index in [0.29, 0.717) is 23.7 Å². The summed E-state index contributed by atoms with van der Waals surface area (Å²) in [5.41, 5.74) is 0.848. The van der Waals surface area contributed by atoms with Gasteiger partial charge in [0.15, 0.2) is 0 Å². The van der Waals surface area contributed by atoms with E-state index in [2.05, 4.69) is 15.6 Å². The van der Waals surface area contributed by atoms with Gasteiger partial charge in [-0.2, -0.15) is 0 Å². The molecule has 2 aromatic heterocycles. The topological polar surface area (TPSA) is 87.4 Å². The zero-order valence-corrected chi connectivity index (χ0v) is 15.4. The summed E-state index contributed by atoms with van der Waals surface area (Å²) in [5, 5.41) is 16.6. The number of pyridine rings is 1. The molecule has 6 nitrogen and oxygen atoms in total. The molecule has 0 fully saturated rings. The molecular weight excluding hydrogens is 342 g/mol. The number of nitrogens with one attached hydrogen (secondary N) is 2. The predicted molar refractivity (Wildman–Crippen MR) is 103 cm³/mol. The second-order valence-corrected chi connectivity index (χ2v) is 6.64. The van der Waals surface area contributed by atoms with Gasteiger partial charge in [0.1, 0.15) is 22.8 Å². The fraction of sp³-hybridized carbons (Fsp3) is 0.238. The molecule has 2 heterocycles. The Kier molecular flexibility index (Phi) is 5.57. The van der Waals surface area contributed by atoms with Crippen molar-refractivity contribution in [1.29, 1.82) is 0 Å². The standard InChI is InChI=1S/C21H23N3O3/c1-15-8-9-19(27-15)21(2,26)14-24-17-10-11-22-18(12-17)20(25)23-13-16-6-4-3-5-7-16/h3-12,26H,13-14H2,1-2H3,(H,22,24)(H,23,25). The lowest BCUT2D eigenvalue weighted by Gasteiger charge is -2.22. The van der Waals surface area contributed by atoms with E-state index in [1.165, 1.54) is 0 Å². The number of aliphatic hydroxyl groups is 1. The van der Waals surface area contributed by atoms with E-state index in [1.807, 2.05) is 43.3 Å². The van der Waals surface area contributed by atoms with E-state index < -0.39 is 5.60 Å². The number of aryl methyl sites for hydroxylation is 1. The molecule has 140 valence electrons. The quantitative estimate of drug-likeness (QED) is 0.598. The van der Waals surface area contributed by atoms with Crippen molar-refractivity contribution in [3.63, 3.8) is 0 Å². The summed E-state index contributed by atoms with van der Waals surface area (Å²) in [6, 6.07) is 16.7. The highest BCUT2D eigenvalue weighted by Gasteiger charge is 2.26. The van der Waals surface area contributed by atoms with Crippen LogP contribution in [0.1, 0.15) is 34.5 Å². The lowest BCUT2D eigenvalue weighted by atomic mass is 10.0. The van der Waals surface area contributed by atoms with Gasteiger partial charge in [-0.3, -0.25) is 9.78 Å². The first-order chi connectivity index (χ1) is 12.9. The highest BCUT2D eigenvalue weighted by atomic mass is 16.4. The van der Waals surface area contributed by atoms with Gasteiger partial charge in [-0.1, -0.05) is 30.3 Å². The summed E-state index contributed by atoms with van der Waals surface area (Å²) in [4.78, 5) is 16.5. The third kappa shape index (κ3) is 4.95. The minimum Gasteiger partial charge on any atom is -0.463 e. The van der Waals surface area contributed by atoms with Crippen LogP contribution in [0.3, 0.4) is 0 Å². The van der Waals surface area contributed by atoms with Gasteiger partial charge < -0.3 is 20.2 Å². The zero-order valence-electron chi connectivity index (χ0n) is 15.4. The molecule has 1 atom stereocenters. The minimum absolute atomic E-state index is 0.231.